The number of hydrogen-bond acceptors (Lipinski definition) is 6. The molecule has 0 spiro atoms. The van der Waals surface area contributed by atoms with Crippen molar-refractivity contribution in [3.8, 4) is 0 Å². The number of nitrogens with zero attached hydrogens (tertiary/aromatic N) is 4. The standard InChI is InChI=1S/C16H19BrClN5O2/c1-15(2,3)22-14(24)25-16(4)7-23(8-16)13-11(18)20-10-5-9(17)6-19-12(10)21-13/h5-6H,7-8H2,1-4H3,(H,22,24). The van der Waals surface area contributed by atoms with Gasteiger partial charge in [-0.25, -0.2) is 19.7 Å². The van der Waals surface area contributed by atoms with Crippen LogP contribution in [0.25, 0.3) is 11.2 Å². The molecular weight excluding hydrogens is 410 g/mol. The Morgan fingerprint density at radius 1 is 1.40 bits per heavy atom. The minimum absolute atomic E-state index is 0.300. The van der Waals surface area contributed by atoms with Gasteiger partial charge >= 0.3 is 6.09 Å². The number of alkyl carbamates (subject to hydrolysis) is 1. The van der Waals surface area contributed by atoms with Crippen LogP contribution in [0.1, 0.15) is 27.7 Å². The van der Waals surface area contributed by atoms with Gasteiger partial charge in [0.25, 0.3) is 0 Å². The molecule has 3 heterocycles. The summed E-state index contributed by atoms with van der Waals surface area (Å²) in [5, 5.41) is 3.09. The Bertz CT molecular complexity index is 833. The number of rotatable bonds is 2. The van der Waals surface area contributed by atoms with Gasteiger partial charge in [0, 0.05) is 16.2 Å². The summed E-state index contributed by atoms with van der Waals surface area (Å²) in [4.78, 5) is 27.0. The molecule has 1 saturated heterocycles. The highest BCUT2D eigenvalue weighted by atomic mass is 79.9. The molecule has 1 amide bonds. The summed E-state index contributed by atoms with van der Waals surface area (Å²) in [5.74, 6) is 0.543. The number of halogens is 2. The Morgan fingerprint density at radius 3 is 2.72 bits per heavy atom. The summed E-state index contributed by atoms with van der Waals surface area (Å²) in [6.07, 6.45) is 1.23. The molecule has 1 aliphatic rings. The van der Waals surface area contributed by atoms with E-state index in [1.807, 2.05) is 38.7 Å². The summed E-state index contributed by atoms with van der Waals surface area (Å²) in [7, 11) is 0. The molecule has 0 aromatic carbocycles. The molecule has 0 radical (unpaired) electrons. The van der Waals surface area contributed by atoms with Crippen LogP contribution in [0, 0.1) is 0 Å². The highest BCUT2D eigenvalue weighted by Gasteiger charge is 2.44. The Hall–Kier alpha value is -1.67. The molecule has 0 atom stereocenters. The number of anilines is 1. The second-order valence-corrected chi connectivity index (χ2v) is 8.68. The van der Waals surface area contributed by atoms with E-state index in [1.165, 1.54) is 0 Å². The number of pyridine rings is 1. The average molecular weight is 429 g/mol. The third-order valence-corrected chi connectivity index (χ3v) is 4.28. The molecule has 1 fully saturated rings. The van der Waals surface area contributed by atoms with E-state index in [0.717, 1.165) is 4.47 Å². The number of nitrogens with one attached hydrogen (secondary N) is 1. The van der Waals surface area contributed by atoms with E-state index in [9.17, 15) is 4.79 Å². The molecule has 0 saturated carbocycles. The Labute approximate surface area is 159 Å². The molecule has 2 aromatic rings. The molecule has 9 heteroatoms. The first kappa shape index (κ1) is 18.1. The van der Waals surface area contributed by atoms with Gasteiger partial charge in [0.15, 0.2) is 16.6 Å². The summed E-state index contributed by atoms with van der Waals surface area (Å²) in [6.45, 7) is 8.56. The van der Waals surface area contributed by atoms with Gasteiger partial charge in [0.2, 0.25) is 0 Å². The molecule has 2 aromatic heterocycles. The van der Waals surface area contributed by atoms with Gasteiger partial charge in [0.1, 0.15) is 11.1 Å². The van der Waals surface area contributed by atoms with Crippen molar-refractivity contribution in [2.45, 2.75) is 38.8 Å². The van der Waals surface area contributed by atoms with Crippen LogP contribution < -0.4 is 10.2 Å². The SMILES string of the molecule is CC(C)(C)NC(=O)OC1(C)CN(c2nc3ncc(Br)cc3nc2Cl)C1. The molecule has 0 unspecified atom stereocenters. The van der Waals surface area contributed by atoms with Gasteiger partial charge in [-0.3, -0.25) is 0 Å². The van der Waals surface area contributed by atoms with E-state index in [0.29, 0.717) is 35.2 Å². The topological polar surface area (TPSA) is 80.2 Å². The first-order valence-corrected chi connectivity index (χ1v) is 8.97. The monoisotopic (exact) mass is 427 g/mol. The minimum Gasteiger partial charge on any atom is -0.439 e. The fraction of sp³-hybridized carbons (Fsp3) is 0.500. The maximum Gasteiger partial charge on any atom is 0.408 e. The normalized spacial score (nSPS) is 16.5. The quantitative estimate of drug-likeness (QED) is 0.788. The van der Waals surface area contributed by atoms with Crippen LogP contribution in [-0.4, -0.2) is 45.3 Å². The summed E-state index contributed by atoms with van der Waals surface area (Å²) < 4.78 is 6.35. The molecule has 7 nitrogen and oxygen atoms in total. The largest absolute Gasteiger partial charge is 0.439 e. The van der Waals surface area contributed by atoms with E-state index < -0.39 is 11.7 Å². The zero-order valence-electron chi connectivity index (χ0n) is 14.4. The number of fused-ring (bicyclic) bond motifs is 1. The minimum atomic E-state index is -0.595. The highest BCUT2D eigenvalue weighted by Crippen LogP contribution is 2.33. The van der Waals surface area contributed by atoms with Crippen molar-refractivity contribution in [3.05, 3.63) is 21.9 Å². The lowest BCUT2D eigenvalue weighted by molar-refractivity contribution is 0.000729. The van der Waals surface area contributed by atoms with E-state index in [-0.39, 0.29) is 5.54 Å². The maximum atomic E-state index is 12.0. The fourth-order valence-electron chi connectivity index (χ4n) is 2.62. The lowest BCUT2D eigenvalue weighted by Crippen LogP contribution is -2.63. The van der Waals surface area contributed by atoms with Crippen molar-refractivity contribution in [2.75, 3.05) is 18.0 Å². The zero-order valence-corrected chi connectivity index (χ0v) is 16.8. The Kier molecular flexibility index (Phi) is 4.53. The molecule has 1 aliphatic heterocycles. The molecule has 3 rings (SSSR count). The van der Waals surface area contributed by atoms with E-state index >= 15 is 0 Å². The third-order valence-electron chi connectivity index (χ3n) is 3.60. The number of ether oxygens (including phenoxy) is 1. The Morgan fingerprint density at radius 2 is 2.08 bits per heavy atom. The number of hydrogen-bond donors (Lipinski definition) is 1. The second-order valence-electron chi connectivity index (χ2n) is 7.40. The van der Waals surface area contributed by atoms with Gasteiger partial charge in [-0.15, -0.1) is 0 Å². The molecule has 25 heavy (non-hydrogen) atoms. The number of carbonyl (C=O) groups is 1. The molecule has 0 aliphatic carbocycles. The number of aromatic nitrogens is 3. The van der Waals surface area contributed by atoms with Crippen molar-refractivity contribution >= 4 is 50.6 Å². The van der Waals surface area contributed by atoms with Crippen LogP contribution in [-0.2, 0) is 4.74 Å². The predicted octanol–water partition coefficient (Wildman–Crippen LogP) is 3.54. The summed E-state index contributed by atoms with van der Waals surface area (Å²) in [6, 6.07) is 1.81. The van der Waals surface area contributed by atoms with Crippen LogP contribution in [0.4, 0.5) is 10.6 Å². The van der Waals surface area contributed by atoms with E-state index in [2.05, 4.69) is 36.2 Å². The van der Waals surface area contributed by atoms with Gasteiger partial charge in [-0.2, -0.15) is 0 Å². The van der Waals surface area contributed by atoms with Gasteiger partial charge in [-0.05, 0) is 49.7 Å². The van der Waals surface area contributed by atoms with Crippen LogP contribution >= 0.6 is 27.5 Å². The van der Waals surface area contributed by atoms with Crippen molar-refractivity contribution in [3.63, 3.8) is 0 Å². The van der Waals surface area contributed by atoms with Gasteiger partial charge in [0.05, 0.1) is 13.1 Å². The average Bonchev–Trinajstić information content (AvgIpc) is 2.41. The fourth-order valence-corrected chi connectivity index (χ4v) is 3.20. The van der Waals surface area contributed by atoms with Crippen LogP contribution in [0.5, 0.6) is 0 Å². The van der Waals surface area contributed by atoms with Crippen molar-refractivity contribution < 1.29 is 9.53 Å². The molecular formula is C16H19BrClN5O2. The Balaban J connectivity index is 1.71. The molecule has 1 N–H and O–H groups in total. The van der Waals surface area contributed by atoms with E-state index in [1.54, 1.807) is 6.20 Å². The van der Waals surface area contributed by atoms with Crippen LogP contribution in [0.15, 0.2) is 16.7 Å². The van der Waals surface area contributed by atoms with Crippen molar-refractivity contribution in [1.29, 1.82) is 0 Å². The van der Waals surface area contributed by atoms with Crippen LogP contribution in [0.2, 0.25) is 5.15 Å². The third kappa shape index (κ3) is 4.12. The highest BCUT2D eigenvalue weighted by molar-refractivity contribution is 9.10. The molecule has 134 valence electrons. The first-order chi connectivity index (χ1) is 11.5. The summed E-state index contributed by atoms with van der Waals surface area (Å²) >= 11 is 9.62. The second kappa shape index (κ2) is 6.25. The number of carbonyl (C=O) groups excluding carboxylic acids is 1. The predicted molar refractivity (Wildman–Crippen MR) is 100 cm³/mol. The van der Waals surface area contributed by atoms with Gasteiger partial charge in [-0.1, -0.05) is 11.6 Å². The molecule has 0 bridgehead atoms. The number of amides is 1. The van der Waals surface area contributed by atoms with Gasteiger partial charge < -0.3 is 15.0 Å². The van der Waals surface area contributed by atoms with Crippen molar-refractivity contribution in [1.82, 2.24) is 20.3 Å². The van der Waals surface area contributed by atoms with E-state index in [4.69, 9.17) is 16.3 Å². The lowest BCUT2D eigenvalue weighted by Gasteiger charge is -2.47. The van der Waals surface area contributed by atoms with Crippen LogP contribution in [0.3, 0.4) is 0 Å². The lowest BCUT2D eigenvalue weighted by atomic mass is 9.96. The summed E-state index contributed by atoms with van der Waals surface area (Å²) in [5.41, 5.74) is 0.196. The maximum absolute atomic E-state index is 12.0. The smallest absolute Gasteiger partial charge is 0.408 e. The zero-order chi connectivity index (χ0) is 18.4. The van der Waals surface area contributed by atoms with Crippen molar-refractivity contribution in [2.24, 2.45) is 0 Å². The first-order valence-electron chi connectivity index (χ1n) is 7.80.